The van der Waals surface area contributed by atoms with Crippen LogP contribution in [0.4, 0.5) is 0 Å². The van der Waals surface area contributed by atoms with Gasteiger partial charge in [-0.25, -0.2) is 0 Å². The fourth-order valence-electron chi connectivity index (χ4n) is 2.15. The van der Waals surface area contributed by atoms with Crippen molar-refractivity contribution in [3.8, 4) is 0 Å². The standard InChI is InChI=1S/C20H33NO/c1-2-3-4-5-6-7-8-9-10-11-12-13-14-15-16-17-18-19-20(21)22/h12-19H,2-11H2,1H3,(H2,21,22)/b13-12?,15-14?,17-16?,19-18-. The van der Waals surface area contributed by atoms with Crippen LogP contribution in [0.25, 0.3) is 0 Å². The minimum atomic E-state index is -0.422. The van der Waals surface area contributed by atoms with E-state index in [1.165, 1.54) is 63.9 Å². The van der Waals surface area contributed by atoms with Gasteiger partial charge >= 0.3 is 0 Å². The average Bonchev–Trinajstić information content (AvgIpc) is 2.50. The molecule has 0 atom stereocenters. The van der Waals surface area contributed by atoms with E-state index in [0.29, 0.717) is 0 Å². The second-order valence-corrected chi connectivity index (χ2v) is 5.58. The minimum absolute atomic E-state index is 0.422. The summed E-state index contributed by atoms with van der Waals surface area (Å²) in [5.74, 6) is -0.422. The van der Waals surface area contributed by atoms with Gasteiger partial charge < -0.3 is 5.73 Å². The Bertz CT molecular complexity index is 364. The van der Waals surface area contributed by atoms with Gasteiger partial charge in [0.25, 0.3) is 0 Å². The molecule has 124 valence electrons. The van der Waals surface area contributed by atoms with Crippen LogP contribution < -0.4 is 5.73 Å². The third kappa shape index (κ3) is 18.4. The highest BCUT2D eigenvalue weighted by atomic mass is 16.1. The van der Waals surface area contributed by atoms with Crippen LogP contribution in [0.15, 0.2) is 48.6 Å². The van der Waals surface area contributed by atoms with Crippen molar-refractivity contribution in [2.45, 2.75) is 71.1 Å². The maximum Gasteiger partial charge on any atom is 0.241 e. The first-order chi connectivity index (χ1) is 10.8. The summed E-state index contributed by atoms with van der Waals surface area (Å²) in [6.45, 7) is 2.26. The molecule has 0 fully saturated rings. The Morgan fingerprint density at radius 3 is 1.82 bits per heavy atom. The first-order valence-corrected chi connectivity index (χ1v) is 8.73. The lowest BCUT2D eigenvalue weighted by Crippen LogP contribution is -2.04. The number of primary amides is 1. The number of carbonyl (C=O) groups is 1. The van der Waals surface area contributed by atoms with Crippen molar-refractivity contribution >= 4 is 5.91 Å². The number of amides is 1. The first-order valence-electron chi connectivity index (χ1n) is 8.73. The second kappa shape index (κ2) is 17.5. The van der Waals surface area contributed by atoms with E-state index in [1.54, 1.807) is 12.2 Å². The Morgan fingerprint density at radius 1 is 0.727 bits per heavy atom. The largest absolute Gasteiger partial charge is 0.366 e. The number of allylic oxidation sites excluding steroid dienone is 7. The highest BCUT2D eigenvalue weighted by Crippen LogP contribution is 2.10. The van der Waals surface area contributed by atoms with Crippen molar-refractivity contribution in [3.05, 3.63) is 48.6 Å². The van der Waals surface area contributed by atoms with Gasteiger partial charge in [0.15, 0.2) is 0 Å². The average molecular weight is 303 g/mol. The third-order valence-electron chi connectivity index (χ3n) is 3.43. The quantitative estimate of drug-likeness (QED) is 0.253. The van der Waals surface area contributed by atoms with Gasteiger partial charge in [0, 0.05) is 6.08 Å². The molecule has 0 aromatic rings. The highest BCUT2D eigenvalue weighted by molar-refractivity contribution is 5.85. The molecule has 0 unspecified atom stereocenters. The molecule has 0 aliphatic heterocycles. The molecule has 0 spiro atoms. The summed E-state index contributed by atoms with van der Waals surface area (Å²) in [5.41, 5.74) is 4.97. The maximum atomic E-state index is 10.4. The fourth-order valence-corrected chi connectivity index (χ4v) is 2.15. The lowest BCUT2D eigenvalue weighted by Gasteiger charge is -2.00. The number of rotatable bonds is 14. The van der Waals surface area contributed by atoms with Crippen molar-refractivity contribution in [3.63, 3.8) is 0 Å². The molecule has 0 rings (SSSR count). The molecule has 0 aromatic carbocycles. The van der Waals surface area contributed by atoms with E-state index in [4.69, 9.17) is 5.73 Å². The molecule has 1 amide bonds. The SMILES string of the molecule is CCCCCCCCCCCC=CC=CC=C/C=C\C(N)=O. The van der Waals surface area contributed by atoms with Gasteiger partial charge in [0.2, 0.25) is 5.91 Å². The summed E-state index contributed by atoms with van der Waals surface area (Å²) in [4.78, 5) is 10.4. The molecule has 2 N–H and O–H groups in total. The van der Waals surface area contributed by atoms with Gasteiger partial charge in [0.1, 0.15) is 0 Å². The van der Waals surface area contributed by atoms with Crippen LogP contribution in [0.1, 0.15) is 71.1 Å². The third-order valence-corrected chi connectivity index (χ3v) is 3.43. The van der Waals surface area contributed by atoms with Gasteiger partial charge in [-0.15, -0.1) is 0 Å². The van der Waals surface area contributed by atoms with Gasteiger partial charge in [-0.05, 0) is 12.8 Å². The van der Waals surface area contributed by atoms with E-state index in [1.807, 2.05) is 18.2 Å². The predicted octanol–water partition coefficient (Wildman–Crippen LogP) is 5.62. The predicted molar refractivity (Wildman–Crippen MR) is 97.6 cm³/mol. The zero-order valence-electron chi connectivity index (χ0n) is 14.2. The molecule has 0 aliphatic rings. The molecule has 2 heteroatoms. The van der Waals surface area contributed by atoms with Crippen LogP contribution in [-0.4, -0.2) is 5.91 Å². The van der Waals surface area contributed by atoms with Crippen LogP contribution in [0, 0.1) is 0 Å². The number of unbranched alkanes of at least 4 members (excludes halogenated alkanes) is 9. The van der Waals surface area contributed by atoms with E-state index < -0.39 is 5.91 Å². The number of hydrogen-bond donors (Lipinski definition) is 1. The van der Waals surface area contributed by atoms with Crippen molar-refractivity contribution in [1.82, 2.24) is 0 Å². The zero-order chi connectivity index (χ0) is 16.3. The summed E-state index contributed by atoms with van der Waals surface area (Å²) in [6.07, 6.45) is 28.4. The van der Waals surface area contributed by atoms with Crippen LogP contribution >= 0.6 is 0 Å². The van der Waals surface area contributed by atoms with Crippen LogP contribution in [0.3, 0.4) is 0 Å². The molecule has 0 bridgehead atoms. The van der Waals surface area contributed by atoms with Crippen LogP contribution in [0.5, 0.6) is 0 Å². The lowest BCUT2D eigenvalue weighted by molar-refractivity contribution is -0.113. The topological polar surface area (TPSA) is 43.1 Å². The smallest absolute Gasteiger partial charge is 0.241 e. The van der Waals surface area contributed by atoms with Crippen LogP contribution in [0.2, 0.25) is 0 Å². The molecule has 0 saturated heterocycles. The Morgan fingerprint density at radius 2 is 1.23 bits per heavy atom. The Balaban J connectivity index is 3.35. The normalized spacial score (nSPS) is 12.4. The summed E-state index contributed by atoms with van der Waals surface area (Å²) < 4.78 is 0. The van der Waals surface area contributed by atoms with Crippen molar-refractivity contribution in [2.75, 3.05) is 0 Å². The van der Waals surface area contributed by atoms with Crippen molar-refractivity contribution in [1.29, 1.82) is 0 Å². The van der Waals surface area contributed by atoms with Crippen molar-refractivity contribution in [2.24, 2.45) is 5.73 Å². The lowest BCUT2D eigenvalue weighted by atomic mass is 10.1. The van der Waals surface area contributed by atoms with E-state index in [-0.39, 0.29) is 0 Å². The molecule has 0 heterocycles. The molecular formula is C20H33NO. The summed E-state index contributed by atoms with van der Waals surface area (Å²) in [7, 11) is 0. The molecule has 0 aliphatic carbocycles. The highest BCUT2D eigenvalue weighted by Gasteiger charge is 1.90. The first kappa shape index (κ1) is 20.4. The zero-order valence-corrected chi connectivity index (χ0v) is 14.2. The molecule has 22 heavy (non-hydrogen) atoms. The molecule has 0 saturated carbocycles. The molecule has 0 radical (unpaired) electrons. The van der Waals surface area contributed by atoms with E-state index in [2.05, 4.69) is 19.1 Å². The van der Waals surface area contributed by atoms with Crippen LogP contribution in [-0.2, 0) is 4.79 Å². The number of carbonyl (C=O) groups excluding carboxylic acids is 1. The molecular weight excluding hydrogens is 270 g/mol. The Labute approximate surface area is 136 Å². The summed E-state index contributed by atoms with van der Waals surface area (Å²) in [6, 6.07) is 0. The van der Waals surface area contributed by atoms with E-state index in [9.17, 15) is 4.79 Å². The number of hydrogen-bond acceptors (Lipinski definition) is 1. The molecule has 2 nitrogen and oxygen atoms in total. The molecule has 0 aromatic heterocycles. The summed E-state index contributed by atoms with van der Waals surface area (Å²) in [5, 5.41) is 0. The van der Waals surface area contributed by atoms with E-state index in [0.717, 1.165) is 6.42 Å². The summed E-state index contributed by atoms with van der Waals surface area (Å²) >= 11 is 0. The Kier molecular flexibility index (Phi) is 16.2. The van der Waals surface area contributed by atoms with Gasteiger partial charge in [-0.2, -0.15) is 0 Å². The van der Waals surface area contributed by atoms with Gasteiger partial charge in [-0.3, -0.25) is 4.79 Å². The van der Waals surface area contributed by atoms with E-state index >= 15 is 0 Å². The Hall–Kier alpha value is -1.57. The number of nitrogens with two attached hydrogens (primary N) is 1. The minimum Gasteiger partial charge on any atom is -0.366 e. The fraction of sp³-hybridized carbons (Fsp3) is 0.550. The maximum absolute atomic E-state index is 10.4. The second-order valence-electron chi connectivity index (χ2n) is 5.58. The van der Waals surface area contributed by atoms with Gasteiger partial charge in [0.05, 0.1) is 0 Å². The monoisotopic (exact) mass is 303 g/mol. The van der Waals surface area contributed by atoms with Gasteiger partial charge in [-0.1, -0.05) is 101 Å². The van der Waals surface area contributed by atoms with Crippen molar-refractivity contribution < 1.29 is 4.79 Å².